The maximum atomic E-state index is 10.4. The van der Waals surface area contributed by atoms with E-state index in [4.69, 9.17) is 5.73 Å². The summed E-state index contributed by atoms with van der Waals surface area (Å²) in [7, 11) is 0. The molecule has 0 bridgehead atoms. The van der Waals surface area contributed by atoms with Gasteiger partial charge in [0.15, 0.2) is 6.29 Å². The van der Waals surface area contributed by atoms with Crippen molar-refractivity contribution in [1.29, 1.82) is 0 Å². The smallest absolute Gasteiger partial charge is 0.151 e. The second-order valence-electron chi connectivity index (χ2n) is 3.23. The largest absolute Gasteiger partial charge is 0.398 e. The first-order valence-electron chi connectivity index (χ1n) is 3.92. The van der Waals surface area contributed by atoms with Gasteiger partial charge in [0.2, 0.25) is 0 Å². The van der Waals surface area contributed by atoms with E-state index < -0.39 is 5.60 Å². The predicted octanol–water partition coefficient (Wildman–Crippen LogP) is 0.156. The van der Waals surface area contributed by atoms with Crippen molar-refractivity contribution < 1.29 is 9.90 Å². The molecule has 0 radical (unpaired) electrons. The Hall–Kier alpha value is -1.42. The molecular weight excluding hydrogens is 168 g/mol. The van der Waals surface area contributed by atoms with Crippen LogP contribution < -0.4 is 5.73 Å². The Morgan fingerprint density at radius 1 is 1.77 bits per heavy atom. The molecule has 1 rings (SSSR count). The summed E-state index contributed by atoms with van der Waals surface area (Å²) in [5.74, 6) is 0. The third-order valence-electron chi connectivity index (χ3n) is 1.74. The molecule has 0 saturated heterocycles. The van der Waals surface area contributed by atoms with Gasteiger partial charge in [0.1, 0.15) is 5.60 Å². The Bertz CT molecular complexity index is 310. The van der Waals surface area contributed by atoms with Crippen molar-refractivity contribution in [2.24, 2.45) is 0 Å². The summed E-state index contributed by atoms with van der Waals surface area (Å²) in [5.41, 5.74) is 5.47. The van der Waals surface area contributed by atoms with E-state index in [1.807, 2.05) is 0 Å². The number of nitrogens with zero attached hydrogens (tertiary/aromatic N) is 1. The van der Waals surface area contributed by atoms with Gasteiger partial charge in [0.05, 0.1) is 0 Å². The van der Waals surface area contributed by atoms with Crippen LogP contribution in [0.5, 0.6) is 0 Å². The first-order chi connectivity index (χ1) is 6.05. The SMILES string of the molecule is CC(O)(C=O)Cc1cnccc1N. The molecule has 0 fully saturated rings. The Labute approximate surface area is 76.4 Å². The lowest BCUT2D eigenvalue weighted by molar-refractivity contribution is -0.122. The molecule has 4 heteroatoms. The topological polar surface area (TPSA) is 76.2 Å². The third kappa shape index (κ3) is 2.52. The molecule has 70 valence electrons. The van der Waals surface area contributed by atoms with Crippen molar-refractivity contribution >= 4 is 12.0 Å². The molecule has 0 aliphatic rings. The molecule has 1 unspecified atom stereocenters. The Morgan fingerprint density at radius 3 is 3.00 bits per heavy atom. The van der Waals surface area contributed by atoms with Crippen LogP contribution in [0, 0.1) is 0 Å². The highest BCUT2D eigenvalue weighted by Gasteiger charge is 2.20. The van der Waals surface area contributed by atoms with Crippen molar-refractivity contribution in [1.82, 2.24) is 4.98 Å². The van der Waals surface area contributed by atoms with Crippen LogP contribution in [0.4, 0.5) is 5.69 Å². The van der Waals surface area contributed by atoms with Crippen LogP contribution in [0.15, 0.2) is 18.5 Å². The van der Waals surface area contributed by atoms with Gasteiger partial charge in [-0.25, -0.2) is 0 Å². The maximum Gasteiger partial charge on any atom is 0.151 e. The summed E-state index contributed by atoms with van der Waals surface area (Å²) in [4.78, 5) is 14.3. The zero-order valence-corrected chi connectivity index (χ0v) is 7.40. The van der Waals surface area contributed by atoms with Crippen molar-refractivity contribution in [3.05, 3.63) is 24.0 Å². The molecule has 1 aromatic rings. The van der Waals surface area contributed by atoms with E-state index in [2.05, 4.69) is 4.98 Å². The first-order valence-corrected chi connectivity index (χ1v) is 3.92. The zero-order valence-electron chi connectivity index (χ0n) is 7.40. The van der Waals surface area contributed by atoms with E-state index in [0.717, 1.165) is 0 Å². The molecule has 0 aliphatic carbocycles. The highest BCUT2D eigenvalue weighted by Crippen LogP contribution is 2.15. The molecule has 0 spiro atoms. The van der Waals surface area contributed by atoms with Crippen molar-refractivity contribution in [3.63, 3.8) is 0 Å². The van der Waals surface area contributed by atoms with Gasteiger partial charge in [0, 0.05) is 24.5 Å². The molecule has 13 heavy (non-hydrogen) atoms. The van der Waals surface area contributed by atoms with Gasteiger partial charge in [-0.05, 0) is 18.6 Å². The van der Waals surface area contributed by atoms with Crippen LogP contribution in [0.3, 0.4) is 0 Å². The number of nitrogen functional groups attached to an aromatic ring is 1. The summed E-state index contributed by atoms with van der Waals surface area (Å²) in [6, 6.07) is 1.64. The van der Waals surface area contributed by atoms with Crippen LogP contribution in [0.1, 0.15) is 12.5 Å². The van der Waals surface area contributed by atoms with E-state index in [1.54, 1.807) is 18.5 Å². The number of rotatable bonds is 3. The standard InChI is InChI=1S/C9H12N2O2/c1-9(13,6-12)4-7-5-11-3-2-8(7)10/h2-3,5-6,13H,4H2,1H3,(H2,10,11). The van der Waals surface area contributed by atoms with E-state index >= 15 is 0 Å². The van der Waals surface area contributed by atoms with Crippen LogP contribution >= 0.6 is 0 Å². The number of aldehydes is 1. The van der Waals surface area contributed by atoms with Gasteiger partial charge in [-0.2, -0.15) is 0 Å². The van der Waals surface area contributed by atoms with Crippen LogP contribution in [-0.4, -0.2) is 22.0 Å². The van der Waals surface area contributed by atoms with Crippen molar-refractivity contribution in [2.75, 3.05) is 5.73 Å². The number of hydrogen-bond acceptors (Lipinski definition) is 4. The van der Waals surface area contributed by atoms with Crippen molar-refractivity contribution in [3.8, 4) is 0 Å². The summed E-state index contributed by atoms with van der Waals surface area (Å²) in [6.45, 7) is 1.44. The molecule has 1 aromatic heterocycles. The third-order valence-corrected chi connectivity index (χ3v) is 1.74. The number of carbonyl (C=O) groups excluding carboxylic acids is 1. The highest BCUT2D eigenvalue weighted by molar-refractivity contribution is 5.63. The number of aliphatic hydroxyl groups is 1. The average Bonchev–Trinajstić information content (AvgIpc) is 2.09. The second kappa shape index (κ2) is 3.53. The molecule has 0 amide bonds. The fourth-order valence-corrected chi connectivity index (χ4v) is 1.01. The highest BCUT2D eigenvalue weighted by atomic mass is 16.3. The molecule has 1 heterocycles. The normalized spacial score (nSPS) is 14.9. The predicted molar refractivity (Wildman–Crippen MR) is 49.0 cm³/mol. The van der Waals surface area contributed by atoms with E-state index in [0.29, 0.717) is 17.5 Å². The van der Waals surface area contributed by atoms with Gasteiger partial charge in [-0.3, -0.25) is 4.98 Å². The fraction of sp³-hybridized carbons (Fsp3) is 0.333. The minimum absolute atomic E-state index is 0.191. The van der Waals surface area contributed by atoms with Gasteiger partial charge in [0.25, 0.3) is 0 Å². The molecular formula is C9H12N2O2. The summed E-state index contributed by atoms with van der Waals surface area (Å²) in [5, 5.41) is 9.45. The molecule has 3 N–H and O–H groups in total. The minimum atomic E-state index is -1.36. The lowest BCUT2D eigenvalue weighted by Crippen LogP contribution is -2.29. The molecule has 0 aromatic carbocycles. The zero-order chi connectivity index (χ0) is 9.90. The lowest BCUT2D eigenvalue weighted by Gasteiger charge is -2.15. The number of hydrogen-bond donors (Lipinski definition) is 2. The van der Waals surface area contributed by atoms with Crippen LogP contribution in [0.2, 0.25) is 0 Å². The maximum absolute atomic E-state index is 10.4. The fourth-order valence-electron chi connectivity index (χ4n) is 1.01. The van der Waals surface area contributed by atoms with Gasteiger partial charge >= 0.3 is 0 Å². The number of anilines is 1. The van der Waals surface area contributed by atoms with E-state index in [1.165, 1.54) is 6.92 Å². The molecule has 0 saturated carbocycles. The van der Waals surface area contributed by atoms with Crippen LogP contribution in [-0.2, 0) is 11.2 Å². The molecule has 4 nitrogen and oxygen atoms in total. The van der Waals surface area contributed by atoms with Crippen molar-refractivity contribution in [2.45, 2.75) is 18.9 Å². The summed E-state index contributed by atoms with van der Waals surface area (Å²) >= 11 is 0. The van der Waals surface area contributed by atoms with Gasteiger partial charge < -0.3 is 15.6 Å². The van der Waals surface area contributed by atoms with E-state index in [9.17, 15) is 9.90 Å². The Kier molecular flexibility index (Phi) is 2.63. The average molecular weight is 180 g/mol. The second-order valence-corrected chi connectivity index (χ2v) is 3.23. The van der Waals surface area contributed by atoms with Crippen LogP contribution in [0.25, 0.3) is 0 Å². The van der Waals surface area contributed by atoms with Gasteiger partial charge in [-0.1, -0.05) is 0 Å². The number of nitrogens with two attached hydrogens (primary N) is 1. The number of aromatic nitrogens is 1. The Morgan fingerprint density at radius 2 is 2.46 bits per heavy atom. The molecule has 0 aliphatic heterocycles. The minimum Gasteiger partial charge on any atom is -0.398 e. The monoisotopic (exact) mass is 180 g/mol. The first kappa shape index (κ1) is 9.67. The van der Waals surface area contributed by atoms with E-state index in [-0.39, 0.29) is 6.42 Å². The number of pyridine rings is 1. The summed E-state index contributed by atoms with van der Waals surface area (Å²) in [6.07, 6.45) is 3.80. The van der Waals surface area contributed by atoms with Gasteiger partial charge in [-0.15, -0.1) is 0 Å². The lowest BCUT2D eigenvalue weighted by atomic mass is 9.98. The summed E-state index contributed by atoms with van der Waals surface area (Å²) < 4.78 is 0. The molecule has 1 atom stereocenters. The number of carbonyl (C=O) groups is 1. The quantitative estimate of drug-likeness (QED) is 0.649. The Balaban J connectivity index is 2.86.